The molecule has 0 aliphatic carbocycles. The molecule has 1 saturated heterocycles. The Kier molecular flexibility index (Phi) is 8.42. The van der Waals surface area contributed by atoms with Crippen molar-refractivity contribution >= 4 is 39.4 Å². The number of amides is 1. The molecule has 0 bridgehead atoms. The molecule has 4 rings (SSSR count). The molecule has 11 heteroatoms. The van der Waals surface area contributed by atoms with Crippen LogP contribution in [0.4, 0.5) is 10.2 Å². The van der Waals surface area contributed by atoms with Crippen LogP contribution in [0, 0.1) is 11.7 Å². The van der Waals surface area contributed by atoms with Gasteiger partial charge < -0.3 is 19.7 Å². The second-order valence-corrected chi connectivity index (χ2v) is 9.39. The first-order chi connectivity index (χ1) is 17.4. The van der Waals surface area contributed by atoms with Crippen LogP contribution in [0.2, 0.25) is 0 Å². The summed E-state index contributed by atoms with van der Waals surface area (Å²) in [6.07, 6.45) is 3.00. The SMILES string of the molecule is CCOC(=O)C1C(c2ccc(F)cc2)C(=O)C(C(=O)Nc2ccc(Br)nn2)=CN1CC1CCOCC1. The fraction of sp³-hybridized carbons (Fsp3) is 0.400. The molecule has 1 aromatic heterocycles. The van der Waals surface area contributed by atoms with Crippen molar-refractivity contribution in [1.82, 2.24) is 15.1 Å². The van der Waals surface area contributed by atoms with Gasteiger partial charge in [0.2, 0.25) is 0 Å². The smallest absolute Gasteiger partial charge is 0.329 e. The molecule has 0 radical (unpaired) electrons. The van der Waals surface area contributed by atoms with Crippen LogP contribution in [-0.4, -0.2) is 65.2 Å². The molecular weight excluding hydrogens is 535 g/mol. The van der Waals surface area contributed by atoms with Gasteiger partial charge in [-0.05, 0) is 71.4 Å². The van der Waals surface area contributed by atoms with Crippen molar-refractivity contribution in [3.05, 3.63) is 64.2 Å². The summed E-state index contributed by atoms with van der Waals surface area (Å²) in [5, 5.41) is 10.3. The monoisotopic (exact) mass is 560 g/mol. The summed E-state index contributed by atoms with van der Waals surface area (Å²) in [7, 11) is 0. The topological polar surface area (TPSA) is 111 Å². The van der Waals surface area contributed by atoms with Gasteiger partial charge in [-0.25, -0.2) is 9.18 Å². The average Bonchev–Trinajstić information content (AvgIpc) is 2.87. The van der Waals surface area contributed by atoms with Crippen LogP contribution in [0.1, 0.15) is 31.2 Å². The Bertz CT molecular complexity index is 1140. The first-order valence-corrected chi connectivity index (χ1v) is 12.5. The Morgan fingerprint density at radius 2 is 1.89 bits per heavy atom. The molecule has 190 valence electrons. The standard InChI is InChI=1S/C25H26BrFN4O5/c1-2-36-25(34)22-21(16-3-5-17(27)6-4-16)23(32)18(14-31(22)13-15-9-11-35-12-10-15)24(33)28-20-8-7-19(26)29-30-20/h3-8,14-15,21-22H,2,9-13H2,1H3,(H,28,30,33). The van der Waals surface area contributed by atoms with Gasteiger partial charge in [0.25, 0.3) is 5.91 Å². The summed E-state index contributed by atoms with van der Waals surface area (Å²) >= 11 is 3.19. The van der Waals surface area contributed by atoms with Crippen molar-refractivity contribution < 1.29 is 28.2 Å². The number of halogens is 2. The zero-order valence-corrected chi connectivity index (χ0v) is 21.2. The zero-order chi connectivity index (χ0) is 25.7. The molecule has 2 unspecified atom stereocenters. The molecule has 1 aromatic carbocycles. The van der Waals surface area contributed by atoms with E-state index in [0.29, 0.717) is 29.9 Å². The van der Waals surface area contributed by atoms with Crippen LogP contribution in [0.15, 0.2) is 52.8 Å². The maximum atomic E-state index is 13.7. The van der Waals surface area contributed by atoms with Crippen molar-refractivity contribution in [2.75, 3.05) is 31.7 Å². The third kappa shape index (κ3) is 5.96. The Balaban J connectivity index is 1.74. The van der Waals surface area contributed by atoms with Crippen LogP contribution < -0.4 is 5.32 Å². The number of ether oxygens (including phenoxy) is 2. The number of carbonyl (C=O) groups excluding carboxylic acids is 3. The molecule has 2 aliphatic heterocycles. The van der Waals surface area contributed by atoms with Gasteiger partial charge in [-0.2, -0.15) is 0 Å². The third-order valence-electron chi connectivity index (χ3n) is 6.20. The number of Topliss-reactive ketones (excluding diaryl/α,β-unsaturated/α-hetero) is 1. The first-order valence-electron chi connectivity index (χ1n) is 11.7. The van der Waals surface area contributed by atoms with Crippen molar-refractivity contribution in [3.63, 3.8) is 0 Å². The highest BCUT2D eigenvalue weighted by molar-refractivity contribution is 9.10. The van der Waals surface area contributed by atoms with Gasteiger partial charge in [0.05, 0.1) is 18.1 Å². The van der Waals surface area contributed by atoms with Crippen LogP contribution in [0.3, 0.4) is 0 Å². The Hall–Kier alpha value is -3.18. The zero-order valence-electron chi connectivity index (χ0n) is 19.7. The largest absolute Gasteiger partial charge is 0.464 e. The van der Waals surface area contributed by atoms with Gasteiger partial charge in [-0.1, -0.05) is 12.1 Å². The number of hydrogen-bond donors (Lipinski definition) is 1. The van der Waals surface area contributed by atoms with Gasteiger partial charge in [0.15, 0.2) is 11.6 Å². The first kappa shape index (κ1) is 25.9. The number of carbonyl (C=O) groups is 3. The Morgan fingerprint density at radius 3 is 2.53 bits per heavy atom. The lowest BCUT2D eigenvalue weighted by Gasteiger charge is -2.40. The number of nitrogens with one attached hydrogen (secondary N) is 1. The van der Waals surface area contributed by atoms with E-state index in [4.69, 9.17) is 9.47 Å². The van der Waals surface area contributed by atoms with E-state index in [1.807, 2.05) is 0 Å². The highest BCUT2D eigenvalue weighted by atomic mass is 79.9. The number of rotatable bonds is 7. The van der Waals surface area contributed by atoms with Gasteiger partial charge in [-0.15, -0.1) is 10.2 Å². The molecule has 3 heterocycles. The fourth-order valence-electron chi connectivity index (χ4n) is 4.45. The number of aromatic nitrogens is 2. The number of hydrogen-bond acceptors (Lipinski definition) is 8. The fourth-order valence-corrected chi connectivity index (χ4v) is 4.66. The molecule has 1 N–H and O–H groups in total. The van der Waals surface area contributed by atoms with Gasteiger partial charge in [0.1, 0.15) is 16.5 Å². The summed E-state index contributed by atoms with van der Waals surface area (Å²) < 4.78 is 25.0. The quantitative estimate of drug-likeness (QED) is 0.406. The summed E-state index contributed by atoms with van der Waals surface area (Å²) in [6.45, 7) is 3.44. The predicted molar refractivity (Wildman–Crippen MR) is 131 cm³/mol. The number of anilines is 1. The normalized spacial score (nSPS) is 20.6. The molecule has 2 aromatic rings. The maximum Gasteiger partial charge on any atom is 0.329 e. The van der Waals surface area contributed by atoms with Gasteiger partial charge in [-0.3, -0.25) is 9.59 Å². The summed E-state index contributed by atoms with van der Waals surface area (Å²) in [4.78, 5) is 41.9. The molecule has 0 saturated carbocycles. The highest BCUT2D eigenvalue weighted by Crippen LogP contribution is 2.35. The second-order valence-electron chi connectivity index (χ2n) is 8.58. The molecule has 36 heavy (non-hydrogen) atoms. The van der Waals surface area contributed by atoms with E-state index < -0.39 is 35.4 Å². The van der Waals surface area contributed by atoms with E-state index in [2.05, 4.69) is 31.4 Å². The predicted octanol–water partition coefficient (Wildman–Crippen LogP) is 3.23. The summed E-state index contributed by atoms with van der Waals surface area (Å²) in [5.74, 6) is -3.01. The lowest BCUT2D eigenvalue weighted by molar-refractivity contribution is -0.152. The van der Waals surface area contributed by atoms with Crippen molar-refractivity contribution in [2.24, 2.45) is 5.92 Å². The van der Waals surface area contributed by atoms with Crippen molar-refractivity contribution in [2.45, 2.75) is 31.7 Å². The minimum atomic E-state index is -1.06. The number of nitrogens with zero attached hydrogens (tertiary/aromatic N) is 3. The lowest BCUT2D eigenvalue weighted by atomic mass is 9.80. The van der Waals surface area contributed by atoms with Crippen molar-refractivity contribution in [3.8, 4) is 0 Å². The highest BCUT2D eigenvalue weighted by Gasteiger charge is 2.46. The van der Waals surface area contributed by atoms with Crippen molar-refractivity contribution in [1.29, 1.82) is 0 Å². The minimum Gasteiger partial charge on any atom is -0.464 e. The molecule has 9 nitrogen and oxygen atoms in total. The molecule has 1 amide bonds. The Morgan fingerprint density at radius 1 is 1.17 bits per heavy atom. The maximum absolute atomic E-state index is 13.7. The van der Waals surface area contributed by atoms with E-state index in [0.717, 1.165) is 12.8 Å². The van der Waals surface area contributed by atoms with Crippen LogP contribution in [0.25, 0.3) is 0 Å². The molecule has 0 spiro atoms. The van der Waals surface area contributed by atoms with Gasteiger partial charge >= 0.3 is 5.97 Å². The summed E-state index contributed by atoms with van der Waals surface area (Å²) in [6, 6.07) is 7.51. The van der Waals surface area contributed by atoms with Gasteiger partial charge in [0, 0.05) is 26.0 Å². The number of esters is 1. The van der Waals surface area contributed by atoms with E-state index >= 15 is 0 Å². The summed E-state index contributed by atoms with van der Waals surface area (Å²) in [5.41, 5.74) is 0.278. The van der Waals surface area contributed by atoms with E-state index in [1.165, 1.54) is 30.5 Å². The minimum absolute atomic E-state index is 0.129. The van der Waals surface area contributed by atoms with E-state index in [1.54, 1.807) is 24.0 Å². The molecule has 2 aliphatic rings. The van der Waals surface area contributed by atoms with Crippen LogP contribution >= 0.6 is 15.9 Å². The van der Waals surface area contributed by atoms with Crippen LogP contribution in [-0.2, 0) is 23.9 Å². The van der Waals surface area contributed by atoms with E-state index in [-0.39, 0.29) is 23.9 Å². The number of benzene rings is 1. The average molecular weight is 561 g/mol. The van der Waals surface area contributed by atoms with E-state index in [9.17, 15) is 18.8 Å². The van der Waals surface area contributed by atoms with Crippen LogP contribution in [0.5, 0.6) is 0 Å². The Labute approximate surface area is 216 Å². The lowest BCUT2D eigenvalue weighted by Crippen LogP contribution is -2.52. The molecule has 1 fully saturated rings. The molecular formula is C25H26BrFN4O5. The second kappa shape index (κ2) is 11.7. The number of ketones is 1. The third-order valence-corrected chi connectivity index (χ3v) is 6.62. The molecule has 2 atom stereocenters.